The molecule has 0 aliphatic carbocycles. The summed E-state index contributed by atoms with van der Waals surface area (Å²) in [6.45, 7) is 0. The van der Waals surface area contributed by atoms with Crippen molar-refractivity contribution in [3.05, 3.63) is 93.1 Å². The van der Waals surface area contributed by atoms with E-state index in [1.54, 1.807) is 36.6 Å². The van der Waals surface area contributed by atoms with Crippen LogP contribution in [0.15, 0.2) is 81.2 Å². The molecule has 0 saturated carbocycles. The zero-order chi connectivity index (χ0) is 21.1. The number of hydrogen-bond acceptors (Lipinski definition) is 7. The lowest BCUT2D eigenvalue weighted by molar-refractivity contribution is -0.384. The van der Waals surface area contributed by atoms with Crippen LogP contribution >= 0.6 is 24.0 Å². The van der Waals surface area contributed by atoms with Crippen molar-refractivity contribution in [1.29, 1.82) is 0 Å². The van der Waals surface area contributed by atoms with Gasteiger partial charge in [-0.3, -0.25) is 14.9 Å². The van der Waals surface area contributed by atoms with Gasteiger partial charge in [-0.05, 0) is 42.0 Å². The van der Waals surface area contributed by atoms with Crippen molar-refractivity contribution >= 4 is 52.2 Å². The van der Waals surface area contributed by atoms with E-state index < -0.39 is 4.92 Å². The molecule has 1 saturated heterocycles. The SMILES string of the molecule is O=C1C(=Cc2ccc(-c3ccc([N+](=O)[O-])cc3)o2)SC(=S)N1N=Cc1ccccc1. The van der Waals surface area contributed by atoms with Gasteiger partial charge in [0.1, 0.15) is 11.5 Å². The van der Waals surface area contributed by atoms with E-state index in [4.69, 9.17) is 16.6 Å². The Morgan fingerprint density at radius 1 is 1.07 bits per heavy atom. The molecule has 3 aromatic rings. The number of furan rings is 1. The lowest BCUT2D eigenvalue weighted by Crippen LogP contribution is -2.22. The fourth-order valence-electron chi connectivity index (χ4n) is 2.68. The summed E-state index contributed by atoms with van der Waals surface area (Å²) in [6, 6.07) is 18.9. The third-order valence-corrected chi connectivity index (χ3v) is 5.44. The summed E-state index contributed by atoms with van der Waals surface area (Å²) in [4.78, 5) is 23.4. The third kappa shape index (κ3) is 4.22. The summed E-state index contributed by atoms with van der Waals surface area (Å²) in [6.07, 6.45) is 3.18. The van der Waals surface area contributed by atoms with Crippen molar-refractivity contribution in [2.75, 3.05) is 0 Å². The lowest BCUT2D eigenvalue weighted by atomic mass is 10.1. The molecule has 0 unspecified atom stereocenters. The Kier molecular flexibility index (Phi) is 5.55. The van der Waals surface area contributed by atoms with Crippen LogP contribution in [0.2, 0.25) is 0 Å². The molecular weight excluding hydrogens is 422 g/mol. The molecule has 7 nitrogen and oxygen atoms in total. The van der Waals surface area contributed by atoms with Gasteiger partial charge in [-0.1, -0.05) is 42.1 Å². The normalized spacial score (nSPS) is 15.5. The lowest BCUT2D eigenvalue weighted by Gasteiger charge is -2.05. The van der Waals surface area contributed by atoms with Gasteiger partial charge in [0, 0.05) is 23.8 Å². The van der Waals surface area contributed by atoms with E-state index in [2.05, 4.69) is 5.10 Å². The molecule has 2 heterocycles. The molecule has 0 bridgehead atoms. The first kappa shape index (κ1) is 19.7. The van der Waals surface area contributed by atoms with Gasteiger partial charge in [-0.25, -0.2) is 0 Å². The molecule has 9 heteroatoms. The van der Waals surface area contributed by atoms with Gasteiger partial charge < -0.3 is 4.42 Å². The molecule has 1 aliphatic heterocycles. The van der Waals surface area contributed by atoms with Gasteiger partial charge in [-0.2, -0.15) is 10.1 Å². The highest BCUT2D eigenvalue weighted by atomic mass is 32.2. The Labute approximate surface area is 180 Å². The predicted molar refractivity (Wildman–Crippen MR) is 120 cm³/mol. The summed E-state index contributed by atoms with van der Waals surface area (Å²) >= 11 is 6.41. The Morgan fingerprint density at radius 3 is 2.50 bits per heavy atom. The number of benzene rings is 2. The van der Waals surface area contributed by atoms with Gasteiger partial charge in [0.25, 0.3) is 11.6 Å². The van der Waals surface area contributed by atoms with Crippen LogP contribution in [0.1, 0.15) is 11.3 Å². The highest BCUT2D eigenvalue weighted by molar-refractivity contribution is 8.26. The fourth-order valence-corrected chi connectivity index (χ4v) is 3.84. The van der Waals surface area contributed by atoms with E-state index in [9.17, 15) is 14.9 Å². The highest BCUT2D eigenvalue weighted by Crippen LogP contribution is 2.34. The summed E-state index contributed by atoms with van der Waals surface area (Å²) < 4.78 is 6.10. The molecule has 2 aromatic carbocycles. The smallest absolute Gasteiger partial charge is 0.286 e. The molecule has 1 amide bonds. The number of non-ortho nitro benzene ring substituents is 1. The average molecular weight is 435 g/mol. The van der Waals surface area contributed by atoms with Crippen LogP contribution in [0.3, 0.4) is 0 Å². The van der Waals surface area contributed by atoms with Gasteiger partial charge in [0.05, 0.1) is 16.0 Å². The molecule has 1 aliphatic rings. The van der Waals surface area contributed by atoms with Crippen LogP contribution in [0.5, 0.6) is 0 Å². The second-order valence-corrected chi connectivity index (χ2v) is 7.83. The van der Waals surface area contributed by atoms with Crippen LogP contribution in [0.25, 0.3) is 17.4 Å². The topological polar surface area (TPSA) is 88.9 Å². The van der Waals surface area contributed by atoms with Gasteiger partial charge in [-0.15, -0.1) is 0 Å². The number of hydrazone groups is 1. The molecule has 30 heavy (non-hydrogen) atoms. The number of thiocarbonyl (C=S) groups is 1. The van der Waals surface area contributed by atoms with Crippen molar-refractivity contribution in [2.45, 2.75) is 0 Å². The monoisotopic (exact) mass is 435 g/mol. The van der Waals surface area contributed by atoms with Crippen LogP contribution in [0.4, 0.5) is 5.69 Å². The number of nitro groups is 1. The van der Waals surface area contributed by atoms with Crippen molar-refractivity contribution in [3.8, 4) is 11.3 Å². The Balaban J connectivity index is 1.51. The molecule has 148 valence electrons. The van der Waals surface area contributed by atoms with E-state index >= 15 is 0 Å². The van der Waals surface area contributed by atoms with Crippen LogP contribution in [-0.2, 0) is 4.79 Å². The maximum Gasteiger partial charge on any atom is 0.286 e. The Hall–Kier alpha value is -3.56. The average Bonchev–Trinajstić information content (AvgIpc) is 3.32. The third-order valence-electron chi connectivity index (χ3n) is 4.16. The number of hydrogen-bond donors (Lipinski definition) is 0. The molecule has 0 atom stereocenters. The van der Waals surface area contributed by atoms with Gasteiger partial charge >= 0.3 is 0 Å². The zero-order valence-electron chi connectivity index (χ0n) is 15.3. The van der Waals surface area contributed by atoms with E-state index in [1.165, 1.54) is 17.1 Å². The molecule has 1 fully saturated rings. The number of nitro benzene ring substituents is 1. The Bertz CT molecular complexity index is 1180. The molecular formula is C21H13N3O4S2. The minimum Gasteiger partial charge on any atom is -0.457 e. The summed E-state index contributed by atoms with van der Waals surface area (Å²) in [5.41, 5.74) is 1.56. The summed E-state index contributed by atoms with van der Waals surface area (Å²) in [5.74, 6) is 0.676. The van der Waals surface area contributed by atoms with Crippen molar-refractivity contribution in [2.24, 2.45) is 5.10 Å². The number of amides is 1. The van der Waals surface area contributed by atoms with Crippen molar-refractivity contribution in [3.63, 3.8) is 0 Å². The van der Waals surface area contributed by atoms with Crippen LogP contribution in [-0.4, -0.2) is 26.4 Å². The van der Waals surface area contributed by atoms with E-state index in [1.807, 2.05) is 30.3 Å². The number of nitrogens with zero attached hydrogens (tertiary/aromatic N) is 3. The Morgan fingerprint density at radius 2 is 1.80 bits per heavy atom. The molecule has 4 rings (SSSR count). The second kappa shape index (κ2) is 8.44. The first-order chi connectivity index (χ1) is 14.5. The molecule has 0 radical (unpaired) electrons. The van der Waals surface area contributed by atoms with Crippen LogP contribution in [0, 0.1) is 10.1 Å². The molecule has 1 aromatic heterocycles. The standard InChI is InChI=1S/C21H13N3O4S2/c25-20-19(30-21(29)23(20)22-13-14-4-2-1-3-5-14)12-17-10-11-18(28-17)15-6-8-16(9-7-15)24(26)27/h1-13H. The number of carbonyl (C=O) groups is 1. The van der Waals surface area contributed by atoms with Crippen LogP contribution < -0.4 is 0 Å². The summed E-state index contributed by atoms with van der Waals surface area (Å²) in [5, 5.41) is 16.1. The number of rotatable bonds is 5. The van der Waals surface area contributed by atoms with E-state index in [0.717, 1.165) is 17.3 Å². The van der Waals surface area contributed by atoms with E-state index in [0.29, 0.717) is 26.3 Å². The van der Waals surface area contributed by atoms with Crippen molar-refractivity contribution in [1.82, 2.24) is 5.01 Å². The summed E-state index contributed by atoms with van der Waals surface area (Å²) in [7, 11) is 0. The predicted octanol–water partition coefficient (Wildman–Crippen LogP) is 5.09. The molecule has 0 N–H and O–H groups in total. The maximum atomic E-state index is 12.6. The highest BCUT2D eigenvalue weighted by Gasteiger charge is 2.32. The number of thioether (sulfide) groups is 1. The first-order valence-electron chi connectivity index (χ1n) is 8.73. The quantitative estimate of drug-likeness (QED) is 0.182. The zero-order valence-corrected chi connectivity index (χ0v) is 16.9. The second-order valence-electron chi connectivity index (χ2n) is 6.15. The maximum absolute atomic E-state index is 12.6. The molecule has 0 spiro atoms. The minimum absolute atomic E-state index is 0.00487. The minimum atomic E-state index is -0.459. The first-order valence-corrected chi connectivity index (χ1v) is 9.95. The van der Waals surface area contributed by atoms with Gasteiger partial charge in [0.15, 0.2) is 4.32 Å². The fraction of sp³-hybridized carbons (Fsp3) is 0. The van der Waals surface area contributed by atoms with Gasteiger partial charge in [0.2, 0.25) is 0 Å². The van der Waals surface area contributed by atoms with Crippen molar-refractivity contribution < 1.29 is 14.1 Å². The largest absolute Gasteiger partial charge is 0.457 e. The number of carbonyl (C=O) groups excluding carboxylic acids is 1. The van der Waals surface area contributed by atoms with E-state index in [-0.39, 0.29) is 11.6 Å².